The van der Waals surface area contributed by atoms with Crippen molar-refractivity contribution in [3.8, 4) is 5.75 Å². The third-order valence-corrected chi connectivity index (χ3v) is 6.36. The standard InChI is InChI=1S/C15H19N3O3S/c1-17-4-5-21-15-3-2-13(6-14(15)17)22(19,20)18-9-11-7-16-8-12(11)10-18/h2-3,6,16H,4-5,7-10H2,1H3. The molecule has 0 saturated carbocycles. The Morgan fingerprint density at radius 1 is 1.18 bits per heavy atom. The summed E-state index contributed by atoms with van der Waals surface area (Å²) >= 11 is 0. The highest BCUT2D eigenvalue weighted by Crippen LogP contribution is 2.35. The normalized spacial score (nSPS) is 21.8. The molecule has 118 valence electrons. The van der Waals surface area contributed by atoms with Gasteiger partial charge in [-0.3, -0.25) is 0 Å². The minimum Gasteiger partial charge on any atom is -0.490 e. The van der Waals surface area contributed by atoms with E-state index in [-0.39, 0.29) is 0 Å². The van der Waals surface area contributed by atoms with Gasteiger partial charge in [-0.15, -0.1) is 0 Å². The molecule has 3 aliphatic rings. The number of hydrogen-bond acceptors (Lipinski definition) is 5. The molecule has 1 aromatic rings. The lowest BCUT2D eigenvalue weighted by atomic mass is 10.2. The number of benzene rings is 1. The summed E-state index contributed by atoms with van der Waals surface area (Å²) in [5, 5.41) is 3.26. The maximum Gasteiger partial charge on any atom is 0.243 e. The number of ether oxygens (including phenoxy) is 1. The maximum absolute atomic E-state index is 12.9. The van der Waals surface area contributed by atoms with E-state index >= 15 is 0 Å². The molecular weight excluding hydrogens is 302 g/mol. The number of likely N-dealkylation sites (N-methyl/N-ethyl adjacent to an activating group) is 1. The molecule has 1 N–H and O–H groups in total. The van der Waals surface area contributed by atoms with Crippen LogP contribution < -0.4 is 15.0 Å². The zero-order chi connectivity index (χ0) is 15.3. The second kappa shape index (κ2) is 4.97. The number of sulfonamides is 1. The maximum atomic E-state index is 12.9. The Bertz CT molecular complexity index is 741. The van der Waals surface area contributed by atoms with Gasteiger partial charge in [0, 0.05) is 33.2 Å². The van der Waals surface area contributed by atoms with Crippen LogP contribution in [0.2, 0.25) is 0 Å². The molecule has 3 heterocycles. The van der Waals surface area contributed by atoms with Gasteiger partial charge in [-0.05, 0) is 29.3 Å². The highest BCUT2D eigenvalue weighted by molar-refractivity contribution is 7.89. The van der Waals surface area contributed by atoms with Gasteiger partial charge < -0.3 is 15.0 Å². The average molecular weight is 321 g/mol. The van der Waals surface area contributed by atoms with E-state index in [1.807, 2.05) is 11.9 Å². The van der Waals surface area contributed by atoms with Gasteiger partial charge >= 0.3 is 0 Å². The van der Waals surface area contributed by atoms with Gasteiger partial charge in [0.15, 0.2) is 0 Å². The minimum absolute atomic E-state index is 0.345. The van der Waals surface area contributed by atoms with Crippen LogP contribution in [0, 0.1) is 0 Å². The summed E-state index contributed by atoms with van der Waals surface area (Å²) in [6, 6.07) is 5.14. The van der Waals surface area contributed by atoms with Crippen LogP contribution in [0.5, 0.6) is 5.75 Å². The van der Waals surface area contributed by atoms with Crippen molar-refractivity contribution < 1.29 is 13.2 Å². The fourth-order valence-corrected chi connectivity index (χ4v) is 4.69. The summed E-state index contributed by atoms with van der Waals surface area (Å²) in [6.45, 7) is 4.03. The first-order valence-corrected chi connectivity index (χ1v) is 8.88. The fraction of sp³-hybridized carbons (Fsp3) is 0.467. The Morgan fingerprint density at radius 3 is 2.64 bits per heavy atom. The van der Waals surface area contributed by atoms with Crippen LogP contribution in [-0.2, 0) is 10.0 Å². The number of anilines is 1. The molecule has 0 saturated heterocycles. The molecule has 0 aromatic heterocycles. The summed E-state index contributed by atoms with van der Waals surface area (Å²) < 4.78 is 32.9. The van der Waals surface area contributed by atoms with Crippen LogP contribution in [-0.4, -0.2) is 59.1 Å². The smallest absolute Gasteiger partial charge is 0.243 e. The van der Waals surface area contributed by atoms with Gasteiger partial charge in [-0.1, -0.05) is 0 Å². The van der Waals surface area contributed by atoms with E-state index in [1.165, 1.54) is 11.1 Å². The summed E-state index contributed by atoms with van der Waals surface area (Å²) in [5.41, 5.74) is 3.29. The predicted octanol–water partition coefficient (Wildman–Crippen LogP) is 0.419. The lowest BCUT2D eigenvalue weighted by Gasteiger charge is -2.28. The SMILES string of the molecule is CN1CCOc2ccc(S(=O)(=O)N3CC4=C(CNC4)C3)cc21. The van der Waals surface area contributed by atoms with Crippen LogP contribution in [0.1, 0.15) is 0 Å². The van der Waals surface area contributed by atoms with Crippen LogP contribution >= 0.6 is 0 Å². The molecule has 0 fully saturated rings. The van der Waals surface area contributed by atoms with Crippen molar-refractivity contribution in [2.45, 2.75) is 4.90 Å². The Labute approximate surface area is 130 Å². The lowest BCUT2D eigenvalue weighted by molar-refractivity contribution is 0.311. The fourth-order valence-electron chi connectivity index (χ4n) is 3.24. The molecule has 6 nitrogen and oxygen atoms in total. The zero-order valence-electron chi connectivity index (χ0n) is 12.5. The summed E-state index contributed by atoms with van der Waals surface area (Å²) in [6.07, 6.45) is 0. The number of nitrogens with one attached hydrogen (secondary N) is 1. The number of hydrogen-bond donors (Lipinski definition) is 1. The minimum atomic E-state index is -3.46. The zero-order valence-corrected chi connectivity index (χ0v) is 13.3. The van der Waals surface area contributed by atoms with Crippen molar-refractivity contribution >= 4 is 15.7 Å². The van der Waals surface area contributed by atoms with Gasteiger partial charge in [0.1, 0.15) is 12.4 Å². The topological polar surface area (TPSA) is 61.9 Å². The van der Waals surface area contributed by atoms with Crippen molar-refractivity contribution in [1.29, 1.82) is 0 Å². The monoisotopic (exact) mass is 321 g/mol. The van der Waals surface area contributed by atoms with Crippen molar-refractivity contribution in [3.05, 3.63) is 29.3 Å². The quantitative estimate of drug-likeness (QED) is 0.800. The molecular formula is C15H19N3O3S. The molecule has 0 unspecified atom stereocenters. The highest BCUT2D eigenvalue weighted by Gasteiger charge is 2.34. The number of rotatable bonds is 2. The molecule has 7 heteroatoms. The van der Waals surface area contributed by atoms with Crippen molar-refractivity contribution in [3.63, 3.8) is 0 Å². The van der Waals surface area contributed by atoms with Gasteiger partial charge in [0.2, 0.25) is 10.0 Å². The van der Waals surface area contributed by atoms with Crippen LogP contribution in [0.15, 0.2) is 34.2 Å². The molecule has 0 bridgehead atoms. The molecule has 1 aromatic carbocycles. The van der Waals surface area contributed by atoms with Crippen molar-refractivity contribution in [2.24, 2.45) is 0 Å². The molecule has 0 radical (unpaired) electrons. The van der Waals surface area contributed by atoms with Crippen LogP contribution in [0.4, 0.5) is 5.69 Å². The lowest BCUT2D eigenvalue weighted by Crippen LogP contribution is -2.33. The largest absolute Gasteiger partial charge is 0.490 e. The van der Waals surface area contributed by atoms with E-state index in [9.17, 15) is 8.42 Å². The molecule has 22 heavy (non-hydrogen) atoms. The van der Waals surface area contributed by atoms with Crippen LogP contribution in [0.25, 0.3) is 0 Å². The van der Waals surface area contributed by atoms with E-state index in [0.29, 0.717) is 24.6 Å². The molecule has 0 spiro atoms. The molecule has 0 amide bonds. The van der Waals surface area contributed by atoms with E-state index in [4.69, 9.17) is 4.74 Å². The predicted molar refractivity (Wildman–Crippen MR) is 83.9 cm³/mol. The summed E-state index contributed by atoms with van der Waals surface area (Å²) in [7, 11) is -1.50. The Hall–Kier alpha value is -1.57. The highest BCUT2D eigenvalue weighted by atomic mass is 32.2. The summed E-state index contributed by atoms with van der Waals surface area (Å²) in [5.74, 6) is 0.749. The Morgan fingerprint density at radius 2 is 1.91 bits per heavy atom. The summed E-state index contributed by atoms with van der Waals surface area (Å²) in [4.78, 5) is 2.38. The third-order valence-electron chi connectivity index (χ3n) is 4.57. The molecule has 0 aliphatic carbocycles. The third kappa shape index (κ3) is 2.12. The first kappa shape index (κ1) is 14.0. The Balaban J connectivity index is 1.65. The van der Waals surface area contributed by atoms with Gasteiger partial charge in [0.25, 0.3) is 0 Å². The average Bonchev–Trinajstić information content (AvgIpc) is 3.09. The number of nitrogens with zero attached hydrogens (tertiary/aromatic N) is 2. The Kier molecular flexibility index (Phi) is 3.18. The second-order valence-corrected chi connectivity index (χ2v) is 7.92. The van der Waals surface area contributed by atoms with Gasteiger partial charge in [-0.25, -0.2) is 8.42 Å². The van der Waals surface area contributed by atoms with Gasteiger partial charge in [0.05, 0.1) is 17.1 Å². The first-order chi connectivity index (χ1) is 10.6. The van der Waals surface area contributed by atoms with Crippen molar-refractivity contribution in [1.82, 2.24) is 9.62 Å². The molecule has 0 atom stereocenters. The van der Waals surface area contributed by atoms with E-state index in [0.717, 1.165) is 31.1 Å². The molecule has 4 rings (SSSR count). The van der Waals surface area contributed by atoms with Gasteiger partial charge in [-0.2, -0.15) is 4.31 Å². The second-order valence-electron chi connectivity index (χ2n) is 5.98. The first-order valence-electron chi connectivity index (χ1n) is 7.44. The van der Waals surface area contributed by atoms with Crippen LogP contribution in [0.3, 0.4) is 0 Å². The van der Waals surface area contributed by atoms with E-state index in [1.54, 1.807) is 22.5 Å². The number of fused-ring (bicyclic) bond motifs is 1. The molecule has 3 aliphatic heterocycles. The van der Waals surface area contributed by atoms with E-state index in [2.05, 4.69) is 5.32 Å². The van der Waals surface area contributed by atoms with E-state index < -0.39 is 10.0 Å². The van der Waals surface area contributed by atoms with Crippen molar-refractivity contribution in [2.75, 3.05) is 51.3 Å².